The Bertz CT molecular complexity index is 623. The number of aliphatic hydroxyl groups excluding tert-OH is 1. The van der Waals surface area contributed by atoms with Crippen LogP contribution in [0.2, 0.25) is 0 Å². The van der Waals surface area contributed by atoms with Crippen molar-refractivity contribution in [2.45, 2.75) is 20.0 Å². The molecule has 0 unspecified atom stereocenters. The highest BCUT2D eigenvalue weighted by Crippen LogP contribution is 2.24. The van der Waals surface area contributed by atoms with Crippen LogP contribution in [0.3, 0.4) is 0 Å². The third-order valence-electron chi connectivity index (χ3n) is 2.77. The summed E-state index contributed by atoms with van der Waals surface area (Å²) in [4.78, 5) is 15.3. The third kappa shape index (κ3) is 3.00. The minimum Gasteiger partial charge on any atom is -0.478 e. The Morgan fingerprint density at radius 2 is 2.16 bits per heavy atom. The van der Waals surface area contributed by atoms with Crippen molar-refractivity contribution in [3.63, 3.8) is 0 Å². The predicted molar refractivity (Wildman–Crippen MR) is 73.6 cm³/mol. The van der Waals surface area contributed by atoms with Gasteiger partial charge >= 0.3 is 5.97 Å². The molecule has 3 N–H and O–H groups in total. The number of hydrogen-bond acceptors (Lipinski definition) is 4. The standard InChI is InChI=1S/C14H16N2O3/c1-8-5-12(15-7-9(2)17)11-4-3-10(14(18)19)6-13(11)16-8/h3-6,9,17H,7H2,1-2H3,(H,15,16)(H,18,19)/t9-/m1/s1. The minimum absolute atomic E-state index is 0.215. The van der Waals surface area contributed by atoms with Gasteiger partial charge in [0.15, 0.2) is 0 Å². The molecule has 5 heteroatoms. The second-order valence-corrected chi connectivity index (χ2v) is 4.58. The molecule has 0 aliphatic rings. The monoisotopic (exact) mass is 260 g/mol. The number of carboxylic acids is 1. The quantitative estimate of drug-likeness (QED) is 0.783. The highest BCUT2D eigenvalue weighted by Gasteiger charge is 2.08. The van der Waals surface area contributed by atoms with E-state index in [4.69, 9.17) is 5.11 Å². The van der Waals surface area contributed by atoms with Gasteiger partial charge in [0.05, 0.1) is 17.2 Å². The molecule has 2 rings (SSSR count). The van der Waals surface area contributed by atoms with Crippen LogP contribution in [0.25, 0.3) is 10.9 Å². The van der Waals surface area contributed by atoms with E-state index in [2.05, 4.69) is 10.3 Å². The predicted octanol–water partition coefficient (Wildman–Crippen LogP) is 2.03. The van der Waals surface area contributed by atoms with Crippen molar-refractivity contribution >= 4 is 22.6 Å². The summed E-state index contributed by atoms with van der Waals surface area (Å²) < 4.78 is 0. The van der Waals surface area contributed by atoms with Gasteiger partial charge in [-0.15, -0.1) is 0 Å². The van der Waals surface area contributed by atoms with Gasteiger partial charge in [0.25, 0.3) is 0 Å². The van der Waals surface area contributed by atoms with E-state index in [1.54, 1.807) is 25.1 Å². The van der Waals surface area contributed by atoms with Crippen LogP contribution < -0.4 is 5.32 Å². The number of nitrogens with one attached hydrogen (secondary N) is 1. The van der Waals surface area contributed by atoms with Gasteiger partial charge in [0.1, 0.15) is 0 Å². The zero-order chi connectivity index (χ0) is 14.0. The fraction of sp³-hybridized carbons (Fsp3) is 0.286. The third-order valence-corrected chi connectivity index (χ3v) is 2.77. The number of fused-ring (bicyclic) bond motifs is 1. The van der Waals surface area contributed by atoms with Crippen molar-refractivity contribution in [1.82, 2.24) is 4.98 Å². The van der Waals surface area contributed by atoms with Crippen LogP contribution >= 0.6 is 0 Å². The van der Waals surface area contributed by atoms with Crippen LogP contribution in [0.5, 0.6) is 0 Å². The lowest BCUT2D eigenvalue weighted by Crippen LogP contribution is -2.15. The van der Waals surface area contributed by atoms with E-state index in [-0.39, 0.29) is 5.56 Å². The van der Waals surface area contributed by atoms with Crippen LogP contribution in [-0.2, 0) is 0 Å². The van der Waals surface area contributed by atoms with Gasteiger partial charge in [-0.05, 0) is 38.1 Å². The van der Waals surface area contributed by atoms with Crippen LogP contribution in [0, 0.1) is 6.92 Å². The van der Waals surface area contributed by atoms with E-state index in [0.29, 0.717) is 12.1 Å². The molecule has 1 aromatic heterocycles. The van der Waals surface area contributed by atoms with Gasteiger partial charge in [-0.1, -0.05) is 0 Å². The van der Waals surface area contributed by atoms with E-state index >= 15 is 0 Å². The Balaban J connectivity index is 2.49. The lowest BCUT2D eigenvalue weighted by atomic mass is 10.1. The van der Waals surface area contributed by atoms with Crippen molar-refractivity contribution < 1.29 is 15.0 Å². The molecule has 0 spiro atoms. The Hall–Kier alpha value is -2.14. The first kappa shape index (κ1) is 13.3. The average molecular weight is 260 g/mol. The molecular weight excluding hydrogens is 244 g/mol. The molecule has 0 saturated heterocycles. The van der Waals surface area contributed by atoms with Crippen molar-refractivity contribution in [2.75, 3.05) is 11.9 Å². The van der Waals surface area contributed by atoms with E-state index in [1.807, 2.05) is 13.0 Å². The smallest absolute Gasteiger partial charge is 0.335 e. The summed E-state index contributed by atoms with van der Waals surface area (Å²) in [6.07, 6.45) is -0.457. The number of pyridine rings is 1. The number of nitrogens with zero attached hydrogens (tertiary/aromatic N) is 1. The van der Waals surface area contributed by atoms with Crippen molar-refractivity contribution in [3.8, 4) is 0 Å². The molecule has 19 heavy (non-hydrogen) atoms. The highest BCUT2D eigenvalue weighted by atomic mass is 16.4. The maximum Gasteiger partial charge on any atom is 0.335 e. The largest absolute Gasteiger partial charge is 0.478 e. The van der Waals surface area contributed by atoms with Crippen molar-refractivity contribution in [2.24, 2.45) is 0 Å². The Morgan fingerprint density at radius 1 is 1.42 bits per heavy atom. The van der Waals surface area contributed by atoms with Gasteiger partial charge in [0, 0.05) is 23.3 Å². The number of anilines is 1. The Morgan fingerprint density at radius 3 is 2.79 bits per heavy atom. The second-order valence-electron chi connectivity index (χ2n) is 4.58. The molecule has 1 atom stereocenters. The van der Waals surface area contributed by atoms with Gasteiger partial charge in [0.2, 0.25) is 0 Å². The van der Waals surface area contributed by atoms with Gasteiger partial charge in [-0.25, -0.2) is 4.79 Å². The number of aromatic nitrogens is 1. The first-order valence-corrected chi connectivity index (χ1v) is 6.04. The summed E-state index contributed by atoms with van der Waals surface area (Å²) in [5.74, 6) is -0.969. The molecular formula is C14H16N2O3. The Kier molecular flexibility index (Phi) is 3.66. The highest BCUT2D eigenvalue weighted by molar-refractivity contribution is 5.97. The lowest BCUT2D eigenvalue weighted by Gasteiger charge is -2.12. The molecule has 1 heterocycles. The summed E-state index contributed by atoms with van der Waals surface area (Å²) in [5.41, 5.74) is 2.49. The average Bonchev–Trinajstić information content (AvgIpc) is 2.34. The van der Waals surface area contributed by atoms with Gasteiger partial charge in [-0.3, -0.25) is 4.98 Å². The maximum absolute atomic E-state index is 11.0. The number of benzene rings is 1. The number of aromatic carboxylic acids is 1. The molecule has 1 aromatic carbocycles. The molecule has 0 fully saturated rings. The molecule has 2 aromatic rings. The summed E-state index contributed by atoms with van der Waals surface area (Å²) >= 11 is 0. The summed E-state index contributed by atoms with van der Waals surface area (Å²) in [6, 6.07) is 6.72. The molecule has 0 aliphatic heterocycles. The number of carbonyl (C=O) groups is 1. The molecule has 0 bridgehead atoms. The molecule has 100 valence electrons. The lowest BCUT2D eigenvalue weighted by molar-refractivity contribution is 0.0697. The van der Waals surface area contributed by atoms with E-state index < -0.39 is 12.1 Å². The van der Waals surface area contributed by atoms with E-state index in [9.17, 15) is 9.90 Å². The summed E-state index contributed by atoms with van der Waals surface area (Å²) in [5, 5.41) is 22.3. The van der Waals surface area contributed by atoms with Crippen molar-refractivity contribution in [1.29, 1.82) is 0 Å². The first-order chi connectivity index (χ1) is 8.97. The fourth-order valence-corrected chi connectivity index (χ4v) is 1.90. The molecule has 0 aliphatic carbocycles. The first-order valence-electron chi connectivity index (χ1n) is 6.04. The fourth-order valence-electron chi connectivity index (χ4n) is 1.90. The molecule has 5 nitrogen and oxygen atoms in total. The van der Waals surface area contributed by atoms with E-state index in [1.165, 1.54) is 0 Å². The van der Waals surface area contributed by atoms with Crippen molar-refractivity contribution in [3.05, 3.63) is 35.5 Å². The zero-order valence-corrected chi connectivity index (χ0v) is 10.8. The molecule has 0 saturated carbocycles. The maximum atomic E-state index is 11.0. The molecule has 0 amide bonds. The number of carboxylic acid groups (broad SMARTS) is 1. The van der Waals surface area contributed by atoms with Gasteiger partial charge in [-0.2, -0.15) is 0 Å². The zero-order valence-electron chi connectivity index (χ0n) is 10.8. The number of rotatable bonds is 4. The van der Waals surface area contributed by atoms with Crippen LogP contribution in [0.1, 0.15) is 23.0 Å². The van der Waals surface area contributed by atoms with Crippen LogP contribution in [0.15, 0.2) is 24.3 Å². The number of aryl methyl sites for hydroxylation is 1. The number of aliphatic hydroxyl groups is 1. The van der Waals surface area contributed by atoms with Gasteiger partial charge < -0.3 is 15.5 Å². The second kappa shape index (κ2) is 5.24. The Labute approximate surface area is 110 Å². The summed E-state index contributed by atoms with van der Waals surface area (Å²) in [6.45, 7) is 3.98. The molecule has 0 radical (unpaired) electrons. The minimum atomic E-state index is -0.969. The SMILES string of the molecule is Cc1cc(NC[C@@H](C)O)c2ccc(C(=O)O)cc2n1. The number of hydrogen-bond donors (Lipinski definition) is 3. The topological polar surface area (TPSA) is 82.5 Å². The van der Waals surface area contributed by atoms with Crippen LogP contribution in [0.4, 0.5) is 5.69 Å². The van der Waals surface area contributed by atoms with E-state index in [0.717, 1.165) is 16.8 Å². The normalized spacial score (nSPS) is 12.4. The summed E-state index contributed by atoms with van der Waals surface area (Å²) in [7, 11) is 0. The van der Waals surface area contributed by atoms with Crippen LogP contribution in [-0.4, -0.2) is 33.8 Å².